The van der Waals surface area contributed by atoms with Gasteiger partial charge in [0, 0.05) is 11.9 Å². The van der Waals surface area contributed by atoms with Gasteiger partial charge in [0.15, 0.2) is 0 Å². The van der Waals surface area contributed by atoms with E-state index in [2.05, 4.69) is 11.6 Å². The number of rotatable bonds is 3. The molecule has 0 saturated heterocycles. The van der Waals surface area contributed by atoms with E-state index in [0.29, 0.717) is 0 Å². The molecule has 0 saturated carbocycles. The average molecular weight is 124 g/mol. The SMILES string of the molecule is C=C/N=C(\C=C/N)CC. The molecule has 0 aliphatic carbocycles. The summed E-state index contributed by atoms with van der Waals surface area (Å²) in [7, 11) is 0. The molecule has 9 heavy (non-hydrogen) atoms. The average Bonchev–Trinajstić information content (AvgIpc) is 1.88. The smallest absolute Gasteiger partial charge is 0.0414 e. The minimum absolute atomic E-state index is 0.889. The Balaban J connectivity index is 3.96. The van der Waals surface area contributed by atoms with Gasteiger partial charge in [0.25, 0.3) is 0 Å². The van der Waals surface area contributed by atoms with Crippen LogP contribution in [0.4, 0.5) is 0 Å². The topological polar surface area (TPSA) is 38.4 Å². The molecule has 0 aliphatic heterocycles. The normalized spacial score (nSPS) is 12.3. The minimum atomic E-state index is 0.889. The Morgan fingerprint density at radius 2 is 2.44 bits per heavy atom. The predicted molar refractivity (Wildman–Crippen MR) is 41.3 cm³/mol. The second-order valence-electron chi connectivity index (χ2n) is 1.52. The van der Waals surface area contributed by atoms with Crippen LogP contribution in [0.2, 0.25) is 0 Å². The molecule has 0 rings (SSSR count). The van der Waals surface area contributed by atoms with Crippen LogP contribution in [0, 0.1) is 0 Å². The molecule has 2 nitrogen and oxygen atoms in total. The number of nitrogens with zero attached hydrogens (tertiary/aromatic N) is 1. The third kappa shape index (κ3) is 3.53. The number of nitrogens with two attached hydrogens (primary N) is 1. The fraction of sp³-hybridized carbons (Fsp3) is 0.286. The Morgan fingerprint density at radius 1 is 1.78 bits per heavy atom. The lowest BCUT2D eigenvalue weighted by Crippen LogP contribution is -1.90. The van der Waals surface area contributed by atoms with Crippen molar-refractivity contribution < 1.29 is 0 Å². The maximum absolute atomic E-state index is 5.14. The molecule has 0 aromatic heterocycles. The van der Waals surface area contributed by atoms with Crippen LogP contribution < -0.4 is 5.73 Å². The van der Waals surface area contributed by atoms with Crippen LogP contribution in [0.1, 0.15) is 13.3 Å². The Kier molecular flexibility index (Phi) is 4.50. The Morgan fingerprint density at radius 3 is 2.78 bits per heavy atom. The maximum Gasteiger partial charge on any atom is 0.0414 e. The monoisotopic (exact) mass is 124 g/mol. The standard InChI is InChI=1S/C7H12N2/c1-3-7(5-6-8)9-4-2/h4-6H,2-3,8H2,1H3/b6-5-,9-7-. The molecular formula is C7H12N2. The van der Waals surface area contributed by atoms with Crippen molar-refractivity contribution in [3.05, 3.63) is 25.1 Å². The Labute approximate surface area is 55.8 Å². The molecule has 0 unspecified atom stereocenters. The van der Waals surface area contributed by atoms with E-state index in [0.717, 1.165) is 12.1 Å². The molecule has 0 amide bonds. The molecule has 2 heteroatoms. The van der Waals surface area contributed by atoms with E-state index in [1.54, 1.807) is 6.08 Å². The van der Waals surface area contributed by atoms with Crippen molar-refractivity contribution in [1.29, 1.82) is 0 Å². The summed E-state index contributed by atoms with van der Waals surface area (Å²) in [6.07, 6.45) is 5.64. The lowest BCUT2D eigenvalue weighted by Gasteiger charge is -1.89. The molecule has 0 aromatic rings. The van der Waals surface area contributed by atoms with Crippen molar-refractivity contribution in [3.63, 3.8) is 0 Å². The number of allylic oxidation sites excluding steroid dienone is 1. The number of aliphatic imine (C=N–C) groups is 1. The fourth-order valence-corrected chi connectivity index (χ4v) is 0.481. The second-order valence-corrected chi connectivity index (χ2v) is 1.52. The number of hydrogen-bond acceptors (Lipinski definition) is 2. The summed E-state index contributed by atoms with van der Waals surface area (Å²) in [6.45, 7) is 5.48. The van der Waals surface area contributed by atoms with Gasteiger partial charge >= 0.3 is 0 Å². The maximum atomic E-state index is 5.14. The third-order valence-electron chi connectivity index (χ3n) is 0.908. The van der Waals surface area contributed by atoms with E-state index < -0.39 is 0 Å². The Bertz CT molecular complexity index is 134. The third-order valence-corrected chi connectivity index (χ3v) is 0.908. The minimum Gasteiger partial charge on any atom is -0.405 e. The molecule has 0 aliphatic rings. The van der Waals surface area contributed by atoms with Crippen LogP contribution >= 0.6 is 0 Å². The van der Waals surface area contributed by atoms with Gasteiger partial charge in [-0.3, -0.25) is 4.99 Å². The van der Waals surface area contributed by atoms with Gasteiger partial charge in [-0.05, 0) is 18.7 Å². The summed E-state index contributed by atoms with van der Waals surface area (Å²) in [5.74, 6) is 0. The molecule has 0 spiro atoms. The van der Waals surface area contributed by atoms with Crippen molar-refractivity contribution >= 4 is 5.71 Å². The van der Waals surface area contributed by atoms with Crippen molar-refractivity contribution in [1.82, 2.24) is 0 Å². The Hall–Kier alpha value is -1.05. The van der Waals surface area contributed by atoms with Gasteiger partial charge in [-0.25, -0.2) is 0 Å². The van der Waals surface area contributed by atoms with Gasteiger partial charge in [0.2, 0.25) is 0 Å². The zero-order valence-electron chi connectivity index (χ0n) is 5.67. The van der Waals surface area contributed by atoms with Gasteiger partial charge in [0.05, 0.1) is 0 Å². The van der Waals surface area contributed by atoms with E-state index in [1.807, 2.05) is 6.92 Å². The van der Waals surface area contributed by atoms with Gasteiger partial charge in [0.1, 0.15) is 0 Å². The summed E-state index contributed by atoms with van der Waals surface area (Å²) < 4.78 is 0. The van der Waals surface area contributed by atoms with E-state index in [-0.39, 0.29) is 0 Å². The highest BCUT2D eigenvalue weighted by atomic mass is 14.7. The van der Waals surface area contributed by atoms with E-state index in [4.69, 9.17) is 5.73 Å². The molecule has 0 radical (unpaired) electrons. The van der Waals surface area contributed by atoms with Gasteiger partial charge in [-0.15, -0.1) is 0 Å². The fourth-order valence-electron chi connectivity index (χ4n) is 0.481. The molecule has 0 heterocycles. The quantitative estimate of drug-likeness (QED) is 0.568. The number of hydrogen-bond donors (Lipinski definition) is 1. The lowest BCUT2D eigenvalue weighted by atomic mass is 10.3. The largest absolute Gasteiger partial charge is 0.405 e. The van der Waals surface area contributed by atoms with E-state index in [9.17, 15) is 0 Å². The van der Waals surface area contributed by atoms with Gasteiger partial charge in [-0.1, -0.05) is 13.5 Å². The van der Waals surface area contributed by atoms with E-state index >= 15 is 0 Å². The van der Waals surface area contributed by atoms with Crippen LogP contribution in [-0.2, 0) is 0 Å². The zero-order chi connectivity index (χ0) is 7.11. The van der Waals surface area contributed by atoms with Gasteiger partial charge in [-0.2, -0.15) is 0 Å². The molecular weight excluding hydrogens is 112 g/mol. The van der Waals surface area contributed by atoms with Crippen molar-refractivity contribution in [3.8, 4) is 0 Å². The first kappa shape index (κ1) is 7.95. The van der Waals surface area contributed by atoms with Crippen LogP contribution in [-0.4, -0.2) is 5.71 Å². The first-order chi connectivity index (χ1) is 4.35. The van der Waals surface area contributed by atoms with E-state index in [1.165, 1.54) is 12.4 Å². The molecule has 0 aromatic carbocycles. The predicted octanol–water partition coefficient (Wildman–Crippen LogP) is 1.45. The molecule has 0 bridgehead atoms. The summed E-state index contributed by atoms with van der Waals surface area (Å²) >= 11 is 0. The van der Waals surface area contributed by atoms with Crippen LogP contribution in [0.25, 0.3) is 0 Å². The first-order valence-electron chi connectivity index (χ1n) is 2.91. The molecule has 0 atom stereocenters. The van der Waals surface area contributed by atoms with Gasteiger partial charge < -0.3 is 5.73 Å². The zero-order valence-corrected chi connectivity index (χ0v) is 5.67. The van der Waals surface area contributed by atoms with Crippen molar-refractivity contribution in [2.24, 2.45) is 10.7 Å². The van der Waals surface area contributed by atoms with Crippen molar-refractivity contribution in [2.45, 2.75) is 13.3 Å². The molecule has 0 fully saturated rings. The summed E-state index contributed by atoms with van der Waals surface area (Å²) in [5.41, 5.74) is 6.09. The van der Waals surface area contributed by atoms with Crippen LogP contribution in [0.15, 0.2) is 30.0 Å². The molecule has 2 N–H and O–H groups in total. The van der Waals surface area contributed by atoms with Crippen LogP contribution in [0.3, 0.4) is 0 Å². The summed E-state index contributed by atoms with van der Waals surface area (Å²) in [4.78, 5) is 3.95. The second kappa shape index (κ2) is 5.09. The summed E-state index contributed by atoms with van der Waals surface area (Å²) in [6, 6.07) is 0. The van der Waals surface area contributed by atoms with Crippen LogP contribution in [0.5, 0.6) is 0 Å². The lowest BCUT2D eigenvalue weighted by molar-refractivity contribution is 1.28. The van der Waals surface area contributed by atoms with Crippen molar-refractivity contribution in [2.75, 3.05) is 0 Å². The highest BCUT2D eigenvalue weighted by Crippen LogP contribution is 1.87. The first-order valence-corrected chi connectivity index (χ1v) is 2.91. The molecule has 50 valence electrons. The highest BCUT2D eigenvalue weighted by Gasteiger charge is 1.83. The summed E-state index contributed by atoms with van der Waals surface area (Å²) in [5, 5.41) is 0. The highest BCUT2D eigenvalue weighted by molar-refractivity contribution is 5.94.